The molecule has 0 spiro atoms. The zero-order valence-corrected chi connectivity index (χ0v) is 13.1. The van der Waals surface area contributed by atoms with E-state index in [1.807, 2.05) is 20.2 Å². The van der Waals surface area contributed by atoms with Crippen LogP contribution in [-0.2, 0) is 4.79 Å². The maximum atomic E-state index is 12.0. The van der Waals surface area contributed by atoms with Crippen LogP contribution < -0.4 is 16.0 Å². The van der Waals surface area contributed by atoms with Crippen molar-refractivity contribution in [2.45, 2.75) is 24.8 Å². The van der Waals surface area contributed by atoms with E-state index in [0.29, 0.717) is 12.1 Å². The number of carbonyl (C=O) groups excluding carboxylic acids is 2. The fraction of sp³-hybridized carbons (Fsp3) is 0.429. The molecule has 0 saturated carbocycles. The summed E-state index contributed by atoms with van der Waals surface area (Å²) in [7, 11) is 1.85. The fourth-order valence-electron chi connectivity index (χ4n) is 1.58. The summed E-state index contributed by atoms with van der Waals surface area (Å²) in [6, 6.07) is 5.47. The molecule has 6 heteroatoms. The Bertz CT molecular complexity index is 491. The summed E-state index contributed by atoms with van der Waals surface area (Å²) in [5.41, 5.74) is 1.32. The smallest absolute Gasteiger partial charge is 0.251 e. The van der Waals surface area contributed by atoms with Gasteiger partial charge in [0, 0.05) is 30.0 Å². The van der Waals surface area contributed by atoms with E-state index in [0.717, 1.165) is 10.6 Å². The number of amides is 2. The highest BCUT2D eigenvalue weighted by Crippen LogP contribution is 2.26. The maximum Gasteiger partial charge on any atom is 0.251 e. The maximum absolute atomic E-state index is 12.0. The Morgan fingerprint density at radius 3 is 2.60 bits per heavy atom. The lowest BCUT2D eigenvalue weighted by Gasteiger charge is -2.13. The molecule has 1 atom stereocenters. The molecule has 1 aromatic carbocycles. The molecule has 0 aliphatic heterocycles. The standard InChI is InChI=1S/C14H21N3O2S/c1-9(15-3)8-16-14(19)11-5-6-12(17-10(2)18)13(7-11)20-4/h5-7,9,15H,8H2,1-4H3,(H,16,19)(H,17,18). The second-order valence-electron chi connectivity index (χ2n) is 4.50. The molecule has 0 bridgehead atoms. The van der Waals surface area contributed by atoms with E-state index in [1.165, 1.54) is 18.7 Å². The third-order valence-corrected chi connectivity index (χ3v) is 3.61. The summed E-state index contributed by atoms with van der Waals surface area (Å²) in [5, 5.41) is 8.67. The van der Waals surface area contributed by atoms with Crippen molar-refractivity contribution in [2.75, 3.05) is 25.2 Å². The summed E-state index contributed by atoms with van der Waals surface area (Å²) in [5.74, 6) is -0.239. The Kier molecular flexibility index (Phi) is 6.54. The first-order chi connectivity index (χ1) is 9.47. The van der Waals surface area contributed by atoms with Crippen molar-refractivity contribution >= 4 is 29.3 Å². The van der Waals surface area contributed by atoms with Crippen molar-refractivity contribution < 1.29 is 9.59 Å². The van der Waals surface area contributed by atoms with E-state index in [1.54, 1.807) is 18.2 Å². The largest absolute Gasteiger partial charge is 0.350 e. The minimum absolute atomic E-state index is 0.114. The van der Waals surface area contributed by atoms with Gasteiger partial charge in [-0.2, -0.15) is 0 Å². The number of likely N-dealkylation sites (N-methyl/N-ethyl adjacent to an activating group) is 1. The highest BCUT2D eigenvalue weighted by molar-refractivity contribution is 7.98. The van der Waals surface area contributed by atoms with Crippen LogP contribution >= 0.6 is 11.8 Å². The Labute approximate surface area is 123 Å². The predicted molar refractivity (Wildman–Crippen MR) is 83.4 cm³/mol. The highest BCUT2D eigenvalue weighted by atomic mass is 32.2. The van der Waals surface area contributed by atoms with E-state index < -0.39 is 0 Å². The van der Waals surface area contributed by atoms with Crippen LogP contribution in [0, 0.1) is 0 Å². The molecule has 110 valence electrons. The molecule has 1 unspecified atom stereocenters. The van der Waals surface area contributed by atoms with Crippen molar-refractivity contribution in [1.29, 1.82) is 0 Å². The number of carbonyl (C=O) groups is 2. The van der Waals surface area contributed by atoms with Gasteiger partial charge in [-0.1, -0.05) is 0 Å². The average molecular weight is 295 g/mol. The quantitative estimate of drug-likeness (QED) is 0.699. The molecule has 2 amide bonds. The third-order valence-electron chi connectivity index (χ3n) is 2.84. The molecule has 0 aromatic heterocycles. The van der Waals surface area contributed by atoms with Gasteiger partial charge in [0.25, 0.3) is 5.91 Å². The molecule has 0 saturated heterocycles. The van der Waals surface area contributed by atoms with Gasteiger partial charge >= 0.3 is 0 Å². The van der Waals surface area contributed by atoms with E-state index in [4.69, 9.17) is 0 Å². The van der Waals surface area contributed by atoms with Crippen molar-refractivity contribution in [2.24, 2.45) is 0 Å². The van der Waals surface area contributed by atoms with Gasteiger partial charge < -0.3 is 16.0 Å². The lowest BCUT2D eigenvalue weighted by atomic mass is 10.2. The molecular formula is C14H21N3O2S. The van der Waals surface area contributed by atoms with Gasteiger partial charge in [-0.15, -0.1) is 11.8 Å². The van der Waals surface area contributed by atoms with Crippen LogP contribution in [-0.4, -0.2) is 37.7 Å². The van der Waals surface area contributed by atoms with Gasteiger partial charge in [0.2, 0.25) is 5.91 Å². The lowest BCUT2D eigenvalue weighted by molar-refractivity contribution is -0.114. The Morgan fingerprint density at radius 1 is 1.35 bits per heavy atom. The number of benzene rings is 1. The van der Waals surface area contributed by atoms with Gasteiger partial charge in [-0.25, -0.2) is 0 Å². The van der Waals surface area contributed by atoms with Crippen LogP contribution in [0.2, 0.25) is 0 Å². The number of hydrogen-bond donors (Lipinski definition) is 3. The monoisotopic (exact) mass is 295 g/mol. The van der Waals surface area contributed by atoms with Crippen molar-refractivity contribution in [3.05, 3.63) is 23.8 Å². The molecule has 5 nitrogen and oxygen atoms in total. The summed E-state index contributed by atoms with van der Waals surface area (Å²) in [6.07, 6.45) is 1.91. The fourth-order valence-corrected chi connectivity index (χ4v) is 2.16. The Morgan fingerprint density at radius 2 is 2.05 bits per heavy atom. The van der Waals surface area contributed by atoms with Crippen molar-refractivity contribution in [1.82, 2.24) is 10.6 Å². The van der Waals surface area contributed by atoms with Gasteiger partial charge in [-0.3, -0.25) is 9.59 Å². The minimum atomic E-state index is -0.125. The molecule has 1 aromatic rings. The molecule has 1 rings (SSSR count). The first-order valence-electron chi connectivity index (χ1n) is 6.39. The molecule has 3 N–H and O–H groups in total. The number of thioether (sulfide) groups is 1. The van der Waals surface area contributed by atoms with Crippen LogP contribution in [0.15, 0.2) is 23.1 Å². The molecular weight excluding hydrogens is 274 g/mol. The van der Waals surface area contributed by atoms with E-state index >= 15 is 0 Å². The Balaban J connectivity index is 2.81. The van der Waals surface area contributed by atoms with Gasteiger partial charge in [-0.05, 0) is 38.4 Å². The average Bonchev–Trinajstić information content (AvgIpc) is 2.44. The normalized spacial score (nSPS) is 11.8. The van der Waals surface area contributed by atoms with Gasteiger partial charge in [0.1, 0.15) is 0 Å². The van der Waals surface area contributed by atoms with E-state index in [9.17, 15) is 9.59 Å². The Hall–Kier alpha value is -1.53. The summed E-state index contributed by atoms with van der Waals surface area (Å²) in [4.78, 5) is 24.0. The van der Waals surface area contributed by atoms with E-state index in [-0.39, 0.29) is 17.9 Å². The number of hydrogen-bond acceptors (Lipinski definition) is 4. The molecule has 0 fully saturated rings. The van der Waals surface area contributed by atoms with Crippen LogP contribution in [0.3, 0.4) is 0 Å². The highest BCUT2D eigenvalue weighted by Gasteiger charge is 2.10. The lowest BCUT2D eigenvalue weighted by Crippen LogP contribution is -2.37. The first-order valence-corrected chi connectivity index (χ1v) is 7.61. The van der Waals surface area contributed by atoms with Gasteiger partial charge in [0.15, 0.2) is 0 Å². The van der Waals surface area contributed by atoms with Crippen molar-refractivity contribution in [3.8, 4) is 0 Å². The predicted octanol–water partition coefficient (Wildman–Crippen LogP) is 1.70. The molecule has 0 radical (unpaired) electrons. The van der Waals surface area contributed by atoms with E-state index in [2.05, 4.69) is 16.0 Å². The second-order valence-corrected chi connectivity index (χ2v) is 5.34. The summed E-state index contributed by atoms with van der Waals surface area (Å²) in [6.45, 7) is 4.02. The first kappa shape index (κ1) is 16.5. The number of anilines is 1. The SMILES string of the molecule is CNC(C)CNC(=O)c1ccc(NC(C)=O)c(SC)c1. The van der Waals surface area contributed by atoms with Gasteiger partial charge in [0.05, 0.1) is 5.69 Å². The molecule has 0 aliphatic rings. The van der Waals surface area contributed by atoms with Crippen LogP contribution in [0.25, 0.3) is 0 Å². The van der Waals surface area contributed by atoms with Crippen LogP contribution in [0.5, 0.6) is 0 Å². The number of nitrogens with one attached hydrogen (secondary N) is 3. The topological polar surface area (TPSA) is 70.2 Å². The zero-order valence-electron chi connectivity index (χ0n) is 12.2. The molecule has 0 aliphatic carbocycles. The molecule has 0 heterocycles. The number of rotatable bonds is 6. The molecule has 20 heavy (non-hydrogen) atoms. The summed E-state index contributed by atoms with van der Waals surface area (Å²) < 4.78 is 0. The zero-order chi connectivity index (χ0) is 15.1. The van der Waals surface area contributed by atoms with Crippen molar-refractivity contribution in [3.63, 3.8) is 0 Å². The van der Waals surface area contributed by atoms with Crippen LogP contribution in [0.1, 0.15) is 24.2 Å². The summed E-state index contributed by atoms with van der Waals surface area (Å²) >= 11 is 1.49. The third kappa shape index (κ3) is 4.86. The minimum Gasteiger partial charge on any atom is -0.350 e. The second kappa shape index (κ2) is 7.91. The van der Waals surface area contributed by atoms with Crippen LogP contribution in [0.4, 0.5) is 5.69 Å².